The van der Waals surface area contributed by atoms with E-state index in [1.807, 2.05) is 30.0 Å². The van der Waals surface area contributed by atoms with Crippen LogP contribution in [-0.4, -0.2) is 36.0 Å². The summed E-state index contributed by atoms with van der Waals surface area (Å²) in [6.45, 7) is 7.05. The van der Waals surface area contributed by atoms with Crippen LogP contribution in [0.2, 0.25) is 0 Å². The number of nitrogens with zero attached hydrogens (tertiary/aromatic N) is 1. The summed E-state index contributed by atoms with van der Waals surface area (Å²) in [5.41, 5.74) is 2.86. The molecular weight excluding hydrogens is 292 g/mol. The number of benzene rings is 1. The summed E-state index contributed by atoms with van der Waals surface area (Å²) in [5, 5.41) is 2.80. The highest BCUT2D eigenvalue weighted by Gasteiger charge is 2.19. The van der Waals surface area contributed by atoms with Crippen molar-refractivity contribution >= 4 is 17.5 Å². The predicted molar refractivity (Wildman–Crippen MR) is 90.2 cm³/mol. The number of amides is 2. The van der Waals surface area contributed by atoms with Gasteiger partial charge in [-0.2, -0.15) is 0 Å². The Morgan fingerprint density at radius 3 is 2.65 bits per heavy atom. The summed E-state index contributed by atoms with van der Waals surface area (Å²) in [5.74, 6) is -0.0246. The van der Waals surface area contributed by atoms with Gasteiger partial charge in [0.05, 0.1) is 6.10 Å². The third kappa shape index (κ3) is 5.36. The minimum absolute atomic E-state index is 0.0581. The standard InChI is InChI=1S/C18H26N2O3/c1-13-10-16(7-8-18(13)19-14(2)21)11-20(15(3)22)12-17-6-4-5-9-23-17/h7-8,10,17H,4-6,9,11-12H2,1-3H3,(H,19,21)/t17-/m1/s1. The highest BCUT2D eigenvalue weighted by molar-refractivity contribution is 5.89. The fourth-order valence-electron chi connectivity index (χ4n) is 2.88. The van der Waals surface area contributed by atoms with Crippen molar-refractivity contribution in [2.24, 2.45) is 0 Å². The van der Waals surface area contributed by atoms with Gasteiger partial charge in [-0.3, -0.25) is 9.59 Å². The van der Waals surface area contributed by atoms with Gasteiger partial charge in [0.1, 0.15) is 0 Å². The largest absolute Gasteiger partial charge is 0.376 e. The number of carbonyl (C=O) groups excluding carboxylic acids is 2. The van der Waals surface area contributed by atoms with Crippen molar-refractivity contribution in [3.63, 3.8) is 0 Å². The van der Waals surface area contributed by atoms with Crippen LogP contribution in [0.1, 0.15) is 44.2 Å². The van der Waals surface area contributed by atoms with Gasteiger partial charge in [0.15, 0.2) is 0 Å². The molecule has 0 saturated carbocycles. The molecule has 0 aromatic heterocycles. The molecule has 0 radical (unpaired) electrons. The molecule has 0 bridgehead atoms. The maximum Gasteiger partial charge on any atom is 0.221 e. The third-order valence-corrected chi connectivity index (χ3v) is 4.12. The van der Waals surface area contributed by atoms with Gasteiger partial charge >= 0.3 is 0 Å². The highest BCUT2D eigenvalue weighted by atomic mass is 16.5. The van der Waals surface area contributed by atoms with Gasteiger partial charge in [-0.15, -0.1) is 0 Å². The monoisotopic (exact) mass is 318 g/mol. The van der Waals surface area contributed by atoms with Crippen molar-refractivity contribution in [2.45, 2.75) is 52.7 Å². The summed E-state index contributed by atoms with van der Waals surface area (Å²) < 4.78 is 5.74. The molecule has 2 amide bonds. The van der Waals surface area contributed by atoms with Crippen molar-refractivity contribution in [3.8, 4) is 0 Å². The van der Waals surface area contributed by atoms with Crippen molar-refractivity contribution in [1.29, 1.82) is 0 Å². The van der Waals surface area contributed by atoms with Crippen LogP contribution in [0.3, 0.4) is 0 Å². The van der Waals surface area contributed by atoms with Gasteiger partial charge in [-0.1, -0.05) is 12.1 Å². The van der Waals surface area contributed by atoms with E-state index < -0.39 is 0 Å². The average Bonchev–Trinajstić information content (AvgIpc) is 2.50. The van der Waals surface area contributed by atoms with Crippen LogP contribution < -0.4 is 5.32 Å². The van der Waals surface area contributed by atoms with Crippen LogP contribution in [0.25, 0.3) is 0 Å². The first-order valence-corrected chi connectivity index (χ1v) is 8.20. The number of hydrogen-bond donors (Lipinski definition) is 1. The molecule has 126 valence electrons. The quantitative estimate of drug-likeness (QED) is 0.908. The molecule has 5 heteroatoms. The van der Waals surface area contributed by atoms with Gasteiger partial charge < -0.3 is 15.0 Å². The Kier molecular flexibility index (Phi) is 6.16. The lowest BCUT2D eigenvalue weighted by molar-refractivity contribution is -0.132. The summed E-state index contributed by atoms with van der Waals surface area (Å²) >= 11 is 0. The zero-order valence-corrected chi connectivity index (χ0v) is 14.2. The molecule has 0 spiro atoms. The van der Waals surface area contributed by atoms with Crippen LogP contribution in [-0.2, 0) is 20.9 Å². The van der Waals surface area contributed by atoms with Gasteiger partial charge in [-0.05, 0) is 43.4 Å². The van der Waals surface area contributed by atoms with Crippen LogP contribution in [0.5, 0.6) is 0 Å². The van der Waals surface area contributed by atoms with Crippen molar-refractivity contribution in [2.75, 3.05) is 18.5 Å². The highest BCUT2D eigenvalue weighted by Crippen LogP contribution is 2.19. The number of anilines is 1. The Morgan fingerprint density at radius 1 is 1.30 bits per heavy atom. The smallest absolute Gasteiger partial charge is 0.221 e. The second-order valence-electron chi connectivity index (χ2n) is 6.22. The van der Waals surface area contributed by atoms with E-state index in [2.05, 4.69) is 5.32 Å². The lowest BCUT2D eigenvalue weighted by Crippen LogP contribution is -2.38. The maximum absolute atomic E-state index is 11.9. The number of hydrogen-bond acceptors (Lipinski definition) is 3. The first kappa shape index (κ1) is 17.5. The normalized spacial score (nSPS) is 17.6. The second-order valence-corrected chi connectivity index (χ2v) is 6.22. The molecule has 1 fully saturated rings. The van der Waals surface area contributed by atoms with E-state index in [1.165, 1.54) is 13.3 Å². The molecule has 1 heterocycles. The van der Waals surface area contributed by atoms with E-state index in [4.69, 9.17) is 4.74 Å². The molecule has 1 saturated heterocycles. The first-order valence-electron chi connectivity index (χ1n) is 8.20. The Labute approximate surface area is 138 Å². The molecule has 1 aromatic carbocycles. The van der Waals surface area contributed by atoms with Crippen molar-refractivity contribution < 1.29 is 14.3 Å². The fraction of sp³-hybridized carbons (Fsp3) is 0.556. The minimum Gasteiger partial charge on any atom is -0.376 e. The van der Waals surface area contributed by atoms with E-state index in [0.717, 1.165) is 36.3 Å². The second kappa shape index (κ2) is 8.11. The van der Waals surface area contributed by atoms with Crippen molar-refractivity contribution in [1.82, 2.24) is 4.90 Å². The van der Waals surface area contributed by atoms with Crippen LogP contribution in [0, 0.1) is 6.92 Å². The third-order valence-electron chi connectivity index (χ3n) is 4.12. The zero-order chi connectivity index (χ0) is 16.8. The first-order chi connectivity index (χ1) is 11.0. The Balaban J connectivity index is 2.02. The predicted octanol–water partition coefficient (Wildman–Crippen LogP) is 2.87. The summed E-state index contributed by atoms with van der Waals surface area (Å²) in [7, 11) is 0. The molecule has 23 heavy (non-hydrogen) atoms. The Morgan fingerprint density at radius 2 is 2.09 bits per heavy atom. The molecular formula is C18H26N2O3. The summed E-state index contributed by atoms with van der Waals surface area (Å²) in [6.07, 6.45) is 3.44. The SMILES string of the molecule is CC(=O)Nc1ccc(CN(C[C@H]2CCCCO2)C(C)=O)cc1C. The number of rotatable bonds is 5. The fourth-order valence-corrected chi connectivity index (χ4v) is 2.88. The number of carbonyl (C=O) groups is 2. The van der Waals surface area contributed by atoms with Gasteiger partial charge in [0.2, 0.25) is 11.8 Å². The van der Waals surface area contributed by atoms with Gasteiger partial charge in [0, 0.05) is 39.2 Å². The lowest BCUT2D eigenvalue weighted by Gasteiger charge is -2.29. The number of aryl methyl sites for hydroxylation is 1. The Hall–Kier alpha value is -1.88. The lowest BCUT2D eigenvalue weighted by atomic mass is 10.1. The zero-order valence-electron chi connectivity index (χ0n) is 14.2. The van der Waals surface area contributed by atoms with E-state index in [1.54, 1.807) is 6.92 Å². The minimum atomic E-state index is -0.0827. The summed E-state index contributed by atoms with van der Waals surface area (Å²) in [4.78, 5) is 24.9. The van der Waals surface area contributed by atoms with Crippen LogP contribution in [0.15, 0.2) is 18.2 Å². The van der Waals surface area contributed by atoms with E-state index >= 15 is 0 Å². The van der Waals surface area contributed by atoms with E-state index in [0.29, 0.717) is 13.1 Å². The van der Waals surface area contributed by atoms with Crippen molar-refractivity contribution in [3.05, 3.63) is 29.3 Å². The molecule has 5 nitrogen and oxygen atoms in total. The number of ether oxygens (including phenoxy) is 1. The molecule has 0 unspecified atom stereocenters. The summed E-state index contributed by atoms with van der Waals surface area (Å²) in [6, 6.07) is 5.86. The van der Waals surface area contributed by atoms with Crippen LogP contribution >= 0.6 is 0 Å². The van der Waals surface area contributed by atoms with Gasteiger partial charge in [0.25, 0.3) is 0 Å². The average molecular weight is 318 g/mol. The molecule has 0 aliphatic carbocycles. The molecule has 2 rings (SSSR count). The molecule has 1 aromatic rings. The van der Waals surface area contributed by atoms with Gasteiger partial charge in [-0.25, -0.2) is 0 Å². The van der Waals surface area contributed by atoms with Crippen LogP contribution in [0.4, 0.5) is 5.69 Å². The van der Waals surface area contributed by atoms with E-state index in [-0.39, 0.29) is 17.9 Å². The molecule has 1 aliphatic rings. The maximum atomic E-state index is 11.9. The molecule has 1 atom stereocenters. The Bertz CT molecular complexity index is 565. The molecule has 1 N–H and O–H groups in total. The topological polar surface area (TPSA) is 58.6 Å². The molecule has 1 aliphatic heterocycles. The van der Waals surface area contributed by atoms with E-state index in [9.17, 15) is 9.59 Å². The number of nitrogens with one attached hydrogen (secondary N) is 1.